The number of hydrogen-bond donors (Lipinski definition) is 2. The molecule has 0 heterocycles. The molecule has 1 aromatic carbocycles. The van der Waals surface area contributed by atoms with Crippen LogP contribution in [-0.2, 0) is 0 Å². The zero-order chi connectivity index (χ0) is 9.84. The molecule has 0 unspecified atom stereocenters. The predicted octanol–water partition coefficient (Wildman–Crippen LogP) is 0.493. The average molecular weight is 178 g/mol. The van der Waals surface area contributed by atoms with Gasteiger partial charge in [0.25, 0.3) is 5.91 Å². The van der Waals surface area contributed by atoms with Gasteiger partial charge in [0.1, 0.15) is 0 Å². The van der Waals surface area contributed by atoms with Gasteiger partial charge in [-0.1, -0.05) is 12.1 Å². The van der Waals surface area contributed by atoms with Crippen LogP contribution in [0.25, 0.3) is 0 Å². The summed E-state index contributed by atoms with van der Waals surface area (Å²) in [5.74, 6) is 4.54. The van der Waals surface area contributed by atoms with Crippen LogP contribution in [-0.4, -0.2) is 11.7 Å². The first kappa shape index (κ1) is 9.41. The minimum absolute atomic E-state index is 0.0280. The molecule has 0 spiro atoms. The first-order valence-electron chi connectivity index (χ1n) is 3.77. The molecule has 13 heavy (non-hydrogen) atoms. The Kier molecular flexibility index (Phi) is 2.76. The van der Waals surface area contributed by atoms with Crippen LogP contribution >= 0.6 is 0 Å². The number of Topliss-reactive ketones (excluding diaryl/α,β-unsaturated/α-hetero) is 1. The third kappa shape index (κ3) is 2.13. The highest BCUT2D eigenvalue weighted by Gasteiger charge is 2.03. The average Bonchev–Trinajstić information content (AvgIpc) is 2.17. The van der Waals surface area contributed by atoms with Crippen molar-refractivity contribution in [1.82, 2.24) is 5.43 Å². The molecule has 0 aromatic heterocycles. The van der Waals surface area contributed by atoms with E-state index in [0.717, 1.165) is 0 Å². The summed E-state index contributed by atoms with van der Waals surface area (Å²) in [5.41, 5.74) is 3.02. The Hall–Kier alpha value is -1.68. The van der Waals surface area contributed by atoms with E-state index in [1.165, 1.54) is 6.92 Å². The zero-order valence-corrected chi connectivity index (χ0v) is 7.20. The summed E-state index contributed by atoms with van der Waals surface area (Å²) in [6.07, 6.45) is 0. The second-order valence-electron chi connectivity index (χ2n) is 2.61. The molecule has 4 heteroatoms. The van der Waals surface area contributed by atoms with E-state index in [4.69, 9.17) is 5.84 Å². The van der Waals surface area contributed by atoms with Crippen LogP contribution in [0.15, 0.2) is 24.3 Å². The summed E-state index contributed by atoms with van der Waals surface area (Å²) in [6, 6.07) is 6.29. The fraction of sp³-hybridized carbons (Fsp3) is 0.111. The van der Waals surface area contributed by atoms with Crippen molar-refractivity contribution >= 4 is 11.7 Å². The quantitative estimate of drug-likeness (QED) is 0.299. The molecule has 0 aliphatic rings. The molecule has 0 aliphatic carbocycles. The fourth-order valence-electron chi connectivity index (χ4n) is 0.940. The number of nitrogen functional groups attached to an aromatic ring is 1. The second-order valence-corrected chi connectivity index (χ2v) is 2.61. The standard InChI is InChI=1S/C9H10N2O2/c1-6(12)7-2-4-8(5-3-7)9(13)11-10/h2-5H,10H2,1H3,(H,11,13). The molecule has 1 aromatic rings. The normalized spacial score (nSPS) is 9.38. The molecule has 0 atom stereocenters. The fourth-order valence-corrected chi connectivity index (χ4v) is 0.940. The SMILES string of the molecule is CC(=O)c1ccc(C(=O)NN)cc1. The molecule has 0 radical (unpaired) electrons. The number of hydrazine groups is 1. The Morgan fingerprint density at radius 3 is 2.00 bits per heavy atom. The van der Waals surface area contributed by atoms with Gasteiger partial charge in [0.15, 0.2) is 5.78 Å². The Morgan fingerprint density at radius 2 is 1.62 bits per heavy atom. The van der Waals surface area contributed by atoms with Crippen molar-refractivity contribution < 1.29 is 9.59 Å². The van der Waals surface area contributed by atoms with Crippen molar-refractivity contribution in [3.8, 4) is 0 Å². The molecule has 68 valence electrons. The first-order valence-corrected chi connectivity index (χ1v) is 3.77. The van der Waals surface area contributed by atoms with Crippen LogP contribution in [0.4, 0.5) is 0 Å². The number of amides is 1. The van der Waals surface area contributed by atoms with Crippen molar-refractivity contribution in [3.05, 3.63) is 35.4 Å². The van der Waals surface area contributed by atoms with Crippen molar-refractivity contribution in [2.45, 2.75) is 6.92 Å². The van der Waals surface area contributed by atoms with Gasteiger partial charge in [-0.05, 0) is 19.1 Å². The van der Waals surface area contributed by atoms with Crippen LogP contribution in [0, 0.1) is 0 Å². The minimum Gasteiger partial charge on any atom is -0.295 e. The summed E-state index contributed by atoms with van der Waals surface area (Å²) < 4.78 is 0. The van der Waals surface area contributed by atoms with E-state index in [1.807, 2.05) is 5.43 Å². The molecule has 4 nitrogen and oxygen atoms in total. The maximum atomic E-state index is 11.0. The van der Waals surface area contributed by atoms with Crippen molar-refractivity contribution in [2.75, 3.05) is 0 Å². The van der Waals surface area contributed by atoms with Gasteiger partial charge in [-0.3, -0.25) is 15.0 Å². The Labute approximate surface area is 75.7 Å². The zero-order valence-electron chi connectivity index (χ0n) is 7.20. The Balaban J connectivity index is 2.93. The molecule has 0 fully saturated rings. The monoisotopic (exact) mass is 178 g/mol. The number of hydrogen-bond acceptors (Lipinski definition) is 3. The Bertz CT molecular complexity index is 330. The lowest BCUT2D eigenvalue weighted by molar-refractivity contribution is 0.0951. The summed E-state index contributed by atoms with van der Waals surface area (Å²) in [5, 5.41) is 0. The summed E-state index contributed by atoms with van der Waals surface area (Å²) in [7, 11) is 0. The largest absolute Gasteiger partial charge is 0.295 e. The lowest BCUT2D eigenvalue weighted by atomic mass is 10.1. The van der Waals surface area contributed by atoms with Crippen molar-refractivity contribution in [2.24, 2.45) is 5.84 Å². The topological polar surface area (TPSA) is 72.2 Å². The number of nitrogens with one attached hydrogen (secondary N) is 1. The smallest absolute Gasteiger partial charge is 0.265 e. The van der Waals surface area contributed by atoms with E-state index in [1.54, 1.807) is 24.3 Å². The summed E-state index contributed by atoms with van der Waals surface area (Å²) >= 11 is 0. The van der Waals surface area contributed by atoms with E-state index in [0.29, 0.717) is 11.1 Å². The van der Waals surface area contributed by atoms with Crippen molar-refractivity contribution in [3.63, 3.8) is 0 Å². The van der Waals surface area contributed by atoms with E-state index in [2.05, 4.69) is 0 Å². The highest BCUT2D eigenvalue weighted by Crippen LogP contribution is 2.04. The van der Waals surface area contributed by atoms with Gasteiger partial charge >= 0.3 is 0 Å². The van der Waals surface area contributed by atoms with E-state index < -0.39 is 0 Å². The van der Waals surface area contributed by atoms with E-state index in [-0.39, 0.29) is 11.7 Å². The van der Waals surface area contributed by atoms with Gasteiger partial charge in [0, 0.05) is 11.1 Å². The third-order valence-electron chi connectivity index (χ3n) is 1.68. The maximum Gasteiger partial charge on any atom is 0.265 e. The van der Waals surface area contributed by atoms with Gasteiger partial charge in [-0.15, -0.1) is 0 Å². The van der Waals surface area contributed by atoms with Crippen LogP contribution in [0.3, 0.4) is 0 Å². The predicted molar refractivity (Wildman–Crippen MR) is 48.1 cm³/mol. The highest BCUT2D eigenvalue weighted by atomic mass is 16.2. The molecular weight excluding hydrogens is 168 g/mol. The third-order valence-corrected chi connectivity index (χ3v) is 1.68. The lowest BCUT2D eigenvalue weighted by Gasteiger charge is -1.99. The van der Waals surface area contributed by atoms with Crippen LogP contribution in [0.1, 0.15) is 27.6 Å². The lowest BCUT2D eigenvalue weighted by Crippen LogP contribution is -2.29. The highest BCUT2D eigenvalue weighted by molar-refractivity contribution is 5.97. The number of benzene rings is 1. The second kappa shape index (κ2) is 3.82. The molecule has 0 aliphatic heterocycles. The number of rotatable bonds is 2. The Morgan fingerprint density at radius 1 is 1.15 bits per heavy atom. The molecule has 0 bridgehead atoms. The van der Waals surface area contributed by atoms with Gasteiger partial charge in [-0.25, -0.2) is 5.84 Å². The number of ketones is 1. The minimum atomic E-state index is -0.366. The first-order chi connectivity index (χ1) is 6.15. The van der Waals surface area contributed by atoms with E-state index >= 15 is 0 Å². The van der Waals surface area contributed by atoms with Crippen molar-refractivity contribution in [1.29, 1.82) is 0 Å². The molecule has 0 saturated heterocycles. The number of carbonyl (C=O) groups is 2. The van der Waals surface area contributed by atoms with Crippen LogP contribution in [0.2, 0.25) is 0 Å². The van der Waals surface area contributed by atoms with Gasteiger partial charge in [-0.2, -0.15) is 0 Å². The van der Waals surface area contributed by atoms with Gasteiger partial charge < -0.3 is 0 Å². The van der Waals surface area contributed by atoms with Gasteiger partial charge in [0.05, 0.1) is 0 Å². The van der Waals surface area contributed by atoms with Gasteiger partial charge in [0.2, 0.25) is 0 Å². The summed E-state index contributed by atoms with van der Waals surface area (Å²) in [6.45, 7) is 1.47. The number of carbonyl (C=O) groups excluding carboxylic acids is 2. The van der Waals surface area contributed by atoms with Crippen LogP contribution in [0.5, 0.6) is 0 Å². The molecule has 1 rings (SSSR count). The molecular formula is C9H10N2O2. The molecule has 3 N–H and O–H groups in total. The van der Waals surface area contributed by atoms with Crippen LogP contribution < -0.4 is 11.3 Å². The maximum absolute atomic E-state index is 11.0. The number of nitrogens with two attached hydrogens (primary N) is 1. The molecule has 1 amide bonds. The molecule has 0 saturated carbocycles. The van der Waals surface area contributed by atoms with E-state index in [9.17, 15) is 9.59 Å². The summed E-state index contributed by atoms with van der Waals surface area (Å²) in [4.78, 5) is 21.8.